The molecule has 6 rings (SSSR count). The van der Waals surface area contributed by atoms with Crippen LogP contribution < -0.4 is 5.19 Å². The summed E-state index contributed by atoms with van der Waals surface area (Å²) in [5, 5.41) is 5.69. The fourth-order valence-corrected chi connectivity index (χ4v) is 7.97. The van der Waals surface area contributed by atoms with Crippen LogP contribution in [0.4, 0.5) is 0 Å². The van der Waals surface area contributed by atoms with E-state index in [4.69, 9.17) is 0 Å². The van der Waals surface area contributed by atoms with Crippen molar-refractivity contribution in [3.8, 4) is 22.3 Å². The Kier molecular flexibility index (Phi) is 10.8. The maximum Gasteiger partial charge on any atom is 4.00 e. The van der Waals surface area contributed by atoms with Crippen LogP contribution in [0.3, 0.4) is 0 Å². The third-order valence-corrected chi connectivity index (χ3v) is 9.58. The zero-order valence-electron chi connectivity index (χ0n) is 25.4. The quantitative estimate of drug-likeness (QED) is 0.121. The van der Waals surface area contributed by atoms with Crippen molar-refractivity contribution < 1.29 is 25.8 Å². The number of allylic oxidation sites excluding steroid dienone is 1. The largest absolute Gasteiger partial charge is 4.00 e. The van der Waals surface area contributed by atoms with Crippen LogP contribution in [0.2, 0.25) is 0 Å². The van der Waals surface area contributed by atoms with Gasteiger partial charge in [0, 0.05) is 0 Å². The van der Waals surface area contributed by atoms with Crippen LogP contribution in [-0.2, 0) is 25.8 Å². The van der Waals surface area contributed by atoms with E-state index in [0.29, 0.717) is 15.4 Å². The Morgan fingerprint density at radius 3 is 1.88 bits per heavy atom. The number of benzene rings is 4. The average molecular weight is 715 g/mol. The normalized spacial score (nSPS) is 13.6. The fraction of sp³-hybridized carbons (Fsp3) is 0.179. The molecule has 0 aromatic heterocycles. The van der Waals surface area contributed by atoms with Gasteiger partial charge >= 0.3 is 25.8 Å². The molecule has 1 unspecified atom stereocenters. The van der Waals surface area contributed by atoms with Crippen LogP contribution in [-0.4, -0.2) is 9.52 Å². The smallest absolute Gasteiger partial charge is 0.358 e. The van der Waals surface area contributed by atoms with E-state index in [9.17, 15) is 0 Å². The maximum atomic E-state index is 4.24. The first-order valence-corrected chi connectivity index (χ1v) is 14.7. The average Bonchev–Trinajstić information content (AvgIpc) is 3.46. The SMILES string of the molecule is [CH2-]CCC1C([Si]c2cc3c(-c4c(C)cccc4C)cccc3[cH-]2)=Cc2c(-c3c(C)cccc3C)cccc21.[CH3-].[CH3-].[Hf+4]. The molecule has 5 aromatic rings. The van der Waals surface area contributed by atoms with Gasteiger partial charge in [-0.3, -0.25) is 0 Å². The van der Waals surface area contributed by atoms with Crippen molar-refractivity contribution in [2.45, 2.75) is 46.5 Å². The Labute approximate surface area is 269 Å². The summed E-state index contributed by atoms with van der Waals surface area (Å²) in [6, 6.07) is 31.8. The topological polar surface area (TPSA) is 0 Å². The van der Waals surface area contributed by atoms with Crippen LogP contribution in [0.5, 0.6) is 0 Å². The van der Waals surface area contributed by atoms with Gasteiger partial charge < -0.3 is 21.8 Å². The molecule has 0 bridgehead atoms. The van der Waals surface area contributed by atoms with Crippen LogP contribution in [0.25, 0.3) is 39.1 Å². The standard InChI is InChI=1S/C37H34Si.2CH3.Hf/c1-6-11-30-29-17-10-19-32(37-25(4)14-8-15-26(37)5)34(29)22-35(30)38-28-20-27-16-9-18-31(33(27)21-28)36-23(2)12-7-13-24(36)3;;;/h7-10,12-22,30H,1,6,11H2,2-5H3;2*1H3;/q-2;2*-1;+4. The van der Waals surface area contributed by atoms with Crippen molar-refractivity contribution in [1.82, 2.24) is 0 Å². The summed E-state index contributed by atoms with van der Waals surface area (Å²) in [5.41, 5.74) is 13.7. The number of hydrogen-bond acceptors (Lipinski definition) is 0. The molecule has 0 heterocycles. The van der Waals surface area contributed by atoms with Crippen molar-refractivity contribution >= 4 is 31.6 Å². The summed E-state index contributed by atoms with van der Waals surface area (Å²) in [4.78, 5) is 0. The van der Waals surface area contributed by atoms with Gasteiger partial charge in [0.25, 0.3) is 0 Å². The minimum absolute atomic E-state index is 0. The molecular formula is C39H40HfSi. The van der Waals surface area contributed by atoms with E-state index < -0.39 is 0 Å². The summed E-state index contributed by atoms with van der Waals surface area (Å²) in [7, 11) is 0.658. The van der Waals surface area contributed by atoms with Crippen molar-refractivity contribution in [2.24, 2.45) is 0 Å². The van der Waals surface area contributed by atoms with Crippen LogP contribution in [0.15, 0.2) is 90.1 Å². The molecule has 0 fully saturated rings. The van der Waals surface area contributed by atoms with Gasteiger partial charge in [-0.1, -0.05) is 83.9 Å². The summed E-state index contributed by atoms with van der Waals surface area (Å²) in [6.45, 7) is 13.2. The molecule has 1 atom stereocenters. The Hall–Kier alpha value is -2.68. The number of rotatable bonds is 6. The first kappa shape index (κ1) is 32.8. The molecule has 0 spiro atoms. The van der Waals surface area contributed by atoms with Gasteiger partial charge in [-0.25, -0.2) is 0 Å². The summed E-state index contributed by atoms with van der Waals surface area (Å²) in [6.07, 6.45) is 4.55. The van der Waals surface area contributed by atoms with Crippen LogP contribution in [0, 0.1) is 49.5 Å². The van der Waals surface area contributed by atoms with E-state index in [-0.39, 0.29) is 40.7 Å². The summed E-state index contributed by atoms with van der Waals surface area (Å²) in [5.74, 6) is 0.446. The van der Waals surface area contributed by atoms with E-state index >= 15 is 0 Å². The molecule has 0 saturated heterocycles. The molecular weight excluding hydrogens is 675 g/mol. The van der Waals surface area contributed by atoms with E-state index in [1.54, 1.807) is 5.20 Å². The summed E-state index contributed by atoms with van der Waals surface area (Å²) < 4.78 is 0. The molecule has 1 aliphatic rings. The van der Waals surface area contributed by atoms with Crippen molar-refractivity contribution in [3.05, 3.63) is 145 Å². The first-order chi connectivity index (χ1) is 18.5. The van der Waals surface area contributed by atoms with Gasteiger partial charge in [0.2, 0.25) is 0 Å². The predicted octanol–water partition coefficient (Wildman–Crippen LogP) is 10.1. The zero-order chi connectivity index (χ0) is 26.4. The zero-order valence-corrected chi connectivity index (χ0v) is 30.0. The molecule has 5 aromatic carbocycles. The Bertz CT molecular complexity index is 1660. The van der Waals surface area contributed by atoms with Gasteiger partial charge in [-0.2, -0.15) is 12.5 Å². The molecule has 204 valence electrons. The van der Waals surface area contributed by atoms with Crippen molar-refractivity contribution in [1.29, 1.82) is 0 Å². The first-order valence-electron chi connectivity index (χ1n) is 13.7. The molecule has 0 nitrogen and oxygen atoms in total. The number of fused-ring (bicyclic) bond motifs is 2. The van der Waals surface area contributed by atoms with E-state index in [1.165, 1.54) is 71.6 Å². The van der Waals surface area contributed by atoms with E-state index in [2.05, 4.69) is 126 Å². The van der Waals surface area contributed by atoms with Gasteiger partial charge in [-0.05, 0) is 83.7 Å². The van der Waals surface area contributed by atoms with Gasteiger partial charge in [-0.15, -0.1) is 34.2 Å². The molecule has 0 amide bonds. The van der Waals surface area contributed by atoms with Crippen molar-refractivity contribution in [3.63, 3.8) is 0 Å². The van der Waals surface area contributed by atoms with Gasteiger partial charge in [0.15, 0.2) is 0 Å². The Morgan fingerprint density at radius 1 is 0.732 bits per heavy atom. The molecule has 0 N–H and O–H groups in total. The third kappa shape index (κ3) is 5.97. The third-order valence-electron chi connectivity index (χ3n) is 8.22. The number of hydrogen-bond donors (Lipinski definition) is 0. The second-order valence-electron chi connectivity index (χ2n) is 10.8. The van der Waals surface area contributed by atoms with E-state index in [0.717, 1.165) is 12.8 Å². The van der Waals surface area contributed by atoms with E-state index in [1.807, 2.05) is 0 Å². The molecule has 41 heavy (non-hydrogen) atoms. The van der Waals surface area contributed by atoms with Gasteiger partial charge in [0.1, 0.15) is 0 Å². The van der Waals surface area contributed by atoms with Crippen LogP contribution in [0.1, 0.15) is 52.1 Å². The molecule has 1 aliphatic carbocycles. The monoisotopic (exact) mass is 716 g/mol. The summed E-state index contributed by atoms with van der Waals surface area (Å²) >= 11 is 0. The number of aryl methyl sites for hydroxylation is 4. The predicted molar refractivity (Wildman–Crippen MR) is 179 cm³/mol. The van der Waals surface area contributed by atoms with Crippen molar-refractivity contribution in [2.75, 3.05) is 0 Å². The Balaban J connectivity index is 0.00000154. The fourth-order valence-electron chi connectivity index (χ4n) is 6.50. The Morgan fingerprint density at radius 2 is 1.27 bits per heavy atom. The molecule has 2 radical (unpaired) electrons. The molecule has 0 aliphatic heterocycles. The minimum Gasteiger partial charge on any atom is -0.358 e. The second kappa shape index (κ2) is 13.5. The molecule has 2 heteroatoms. The maximum absolute atomic E-state index is 4.24. The molecule has 0 saturated carbocycles. The minimum atomic E-state index is 0. The van der Waals surface area contributed by atoms with Crippen LogP contribution >= 0.6 is 0 Å². The van der Waals surface area contributed by atoms with Gasteiger partial charge in [0.05, 0.1) is 9.52 Å². The second-order valence-corrected chi connectivity index (χ2v) is 12.2.